The van der Waals surface area contributed by atoms with Crippen molar-refractivity contribution in [3.05, 3.63) is 28.5 Å². The third-order valence-corrected chi connectivity index (χ3v) is 3.97. The van der Waals surface area contributed by atoms with Crippen molar-refractivity contribution in [3.63, 3.8) is 0 Å². The van der Waals surface area contributed by atoms with E-state index in [0.29, 0.717) is 19.4 Å². The minimum absolute atomic E-state index is 0.208. The molecule has 2 aromatic heterocycles. The Kier molecular flexibility index (Phi) is 5.32. The van der Waals surface area contributed by atoms with E-state index < -0.39 is 0 Å². The summed E-state index contributed by atoms with van der Waals surface area (Å²) in [6, 6.07) is 0. The van der Waals surface area contributed by atoms with Gasteiger partial charge in [0.05, 0.1) is 24.9 Å². The van der Waals surface area contributed by atoms with E-state index in [1.54, 1.807) is 11.3 Å². The fourth-order valence-electron chi connectivity index (χ4n) is 2.04. The summed E-state index contributed by atoms with van der Waals surface area (Å²) in [5, 5.41) is 10.6. The number of esters is 1. The molecular weight excluding hydrogens is 288 g/mol. The van der Waals surface area contributed by atoms with E-state index >= 15 is 0 Å². The number of rotatable bonds is 7. The number of ether oxygens (including phenoxy) is 1. The Labute approximate surface area is 128 Å². The van der Waals surface area contributed by atoms with Crippen LogP contribution in [0, 0.1) is 0 Å². The molecule has 2 aromatic rings. The molecule has 2 heterocycles. The molecule has 0 fully saturated rings. The van der Waals surface area contributed by atoms with Crippen LogP contribution < -0.4 is 5.32 Å². The quantitative estimate of drug-likeness (QED) is 0.794. The third kappa shape index (κ3) is 4.29. The maximum absolute atomic E-state index is 11.1. The van der Waals surface area contributed by atoms with Crippen molar-refractivity contribution in [2.45, 2.75) is 32.7 Å². The van der Waals surface area contributed by atoms with Gasteiger partial charge >= 0.3 is 5.97 Å². The molecule has 0 aromatic carbocycles. The van der Waals surface area contributed by atoms with E-state index in [2.05, 4.69) is 27.1 Å². The molecule has 0 aliphatic heterocycles. The third-order valence-electron chi connectivity index (χ3n) is 3.12. The number of methoxy groups -OCH3 is 1. The molecule has 2 rings (SSSR count). The average Bonchev–Trinajstić information content (AvgIpc) is 3.08. The van der Waals surface area contributed by atoms with Crippen LogP contribution in [0.5, 0.6) is 0 Å². The molecule has 0 aliphatic carbocycles. The van der Waals surface area contributed by atoms with Gasteiger partial charge in [-0.1, -0.05) is 6.92 Å². The minimum Gasteiger partial charge on any atom is -0.469 e. The zero-order valence-corrected chi connectivity index (χ0v) is 13.4. The second-order valence-electron chi connectivity index (χ2n) is 4.70. The molecule has 0 bridgehead atoms. The van der Waals surface area contributed by atoms with Gasteiger partial charge < -0.3 is 10.1 Å². The molecule has 0 amide bonds. The van der Waals surface area contributed by atoms with Crippen LogP contribution in [0.15, 0.2) is 11.6 Å². The highest BCUT2D eigenvalue weighted by Crippen LogP contribution is 2.18. The number of aromatic nitrogens is 3. The van der Waals surface area contributed by atoms with E-state index in [1.165, 1.54) is 12.7 Å². The van der Waals surface area contributed by atoms with Crippen LogP contribution in [0.2, 0.25) is 0 Å². The summed E-state index contributed by atoms with van der Waals surface area (Å²) in [6.07, 6.45) is 3.91. The average molecular weight is 308 g/mol. The van der Waals surface area contributed by atoms with Crippen LogP contribution in [-0.2, 0) is 36.0 Å². The number of nitrogens with one attached hydrogen (secondary N) is 1. The van der Waals surface area contributed by atoms with Crippen LogP contribution in [0.4, 0.5) is 5.13 Å². The van der Waals surface area contributed by atoms with Gasteiger partial charge in [0.25, 0.3) is 0 Å². The van der Waals surface area contributed by atoms with Gasteiger partial charge in [0.1, 0.15) is 0 Å². The highest BCUT2D eigenvalue weighted by molar-refractivity contribution is 7.13. The van der Waals surface area contributed by atoms with Crippen LogP contribution in [0.3, 0.4) is 0 Å². The van der Waals surface area contributed by atoms with Crippen molar-refractivity contribution in [3.8, 4) is 0 Å². The lowest BCUT2D eigenvalue weighted by molar-refractivity contribution is -0.140. The largest absolute Gasteiger partial charge is 0.469 e. The molecule has 21 heavy (non-hydrogen) atoms. The first-order valence-corrected chi connectivity index (χ1v) is 7.76. The van der Waals surface area contributed by atoms with Gasteiger partial charge in [0, 0.05) is 37.2 Å². The van der Waals surface area contributed by atoms with Crippen molar-refractivity contribution in [1.82, 2.24) is 14.8 Å². The Morgan fingerprint density at radius 2 is 2.33 bits per heavy atom. The summed E-state index contributed by atoms with van der Waals surface area (Å²) < 4.78 is 6.46. The maximum atomic E-state index is 11.1. The monoisotopic (exact) mass is 308 g/mol. The standard InChI is InChI=1S/C14H20N4O2S/c1-4-12-10(8-18(2)17-12)7-15-14-16-11(9-21-14)5-6-13(19)20-3/h8-9H,4-7H2,1-3H3,(H,15,16). The summed E-state index contributed by atoms with van der Waals surface area (Å²) in [5.74, 6) is -0.208. The number of carbonyl (C=O) groups is 1. The van der Waals surface area contributed by atoms with Crippen LogP contribution in [-0.4, -0.2) is 27.8 Å². The second-order valence-corrected chi connectivity index (χ2v) is 5.56. The lowest BCUT2D eigenvalue weighted by Gasteiger charge is -2.01. The van der Waals surface area contributed by atoms with Crippen molar-refractivity contribution in [1.29, 1.82) is 0 Å². The van der Waals surface area contributed by atoms with Crippen LogP contribution in [0.1, 0.15) is 30.3 Å². The van der Waals surface area contributed by atoms with Crippen molar-refractivity contribution in [2.24, 2.45) is 7.05 Å². The van der Waals surface area contributed by atoms with E-state index in [4.69, 9.17) is 0 Å². The van der Waals surface area contributed by atoms with Crippen molar-refractivity contribution >= 4 is 22.4 Å². The van der Waals surface area contributed by atoms with Gasteiger partial charge in [-0.15, -0.1) is 11.3 Å². The smallest absolute Gasteiger partial charge is 0.305 e. The fourth-order valence-corrected chi connectivity index (χ4v) is 2.78. The molecule has 1 N–H and O–H groups in total. The first-order valence-electron chi connectivity index (χ1n) is 6.88. The highest BCUT2D eigenvalue weighted by Gasteiger charge is 2.08. The number of aryl methyl sites for hydroxylation is 3. The van der Waals surface area contributed by atoms with E-state index in [-0.39, 0.29) is 5.97 Å². The molecule has 0 unspecified atom stereocenters. The maximum Gasteiger partial charge on any atom is 0.305 e. The van der Waals surface area contributed by atoms with Gasteiger partial charge in [-0.2, -0.15) is 5.10 Å². The van der Waals surface area contributed by atoms with Crippen LogP contribution >= 0.6 is 11.3 Å². The van der Waals surface area contributed by atoms with Gasteiger partial charge in [0.2, 0.25) is 0 Å². The van der Waals surface area contributed by atoms with Gasteiger partial charge in [0.15, 0.2) is 5.13 Å². The number of hydrogen-bond acceptors (Lipinski definition) is 6. The first kappa shape index (κ1) is 15.5. The molecule has 0 radical (unpaired) electrons. The topological polar surface area (TPSA) is 69.0 Å². The normalized spacial score (nSPS) is 10.6. The molecule has 114 valence electrons. The minimum atomic E-state index is -0.208. The van der Waals surface area contributed by atoms with Crippen LogP contribution in [0.25, 0.3) is 0 Å². The van der Waals surface area contributed by atoms with E-state index in [1.807, 2.05) is 23.3 Å². The molecule has 7 heteroatoms. The summed E-state index contributed by atoms with van der Waals surface area (Å²) in [4.78, 5) is 15.6. The molecule has 0 spiro atoms. The lowest BCUT2D eigenvalue weighted by atomic mass is 10.2. The zero-order chi connectivity index (χ0) is 15.2. The zero-order valence-electron chi connectivity index (χ0n) is 12.5. The van der Waals surface area contributed by atoms with Gasteiger partial charge in [-0.25, -0.2) is 4.98 Å². The Balaban J connectivity index is 1.89. The van der Waals surface area contributed by atoms with Gasteiger partial charge in [-0.3, -0.25) is 9.48 Å². The number of anilines is 1. The number of thiazole rings is 1. The molecule has 0 atom stereocenters. The SMILES string of the molecule is CCc1nn(C)cc1CNc1nc(CCC(=O)OC)cs1. The number of hydrogen-bond donors (Lipinski definition) is 1. The first-order chi connectivity index (χ1) is 10.1. The van der Waals surface area contributed by atoms with Crippen molar-refractivity contribution < 1.29 is 9.53 Å². The molecule has 0 saturated carbocycles. The predicted octanol–water partition coefficient (Wildman–Crippen LogP) is 2.16. The van der Waals surface area contributed by atoms with Gasteiger partial charge in [-0.05, 0) is 6.42 Å². The number of carbonyl (C=O) groups excluding carboxylic acids is 1. The number of nitrogens with zero attached hydrogens (tertiary/aromatic N) is 3. The molecular formula is C14H20N4O2S. The van der Waals surface area contributed by atoms with Crippen molar-refractivity contribution in [2.75, 3.05) is 12.4 Å². The Bertz CT molecular complexity index is 606. The molecule has 0 saturated heterocycles. The summed E-state index contributed by atoms with van der Waals surface area (Å²) in [5.41, 5.74) is 3.20. The summed E-state index contributed by atoms with van der Waals surface area (Å²) >= 11 is 1.55. The summed E-state index contributed by atoms with van der Waals surface area (Å²) in [7, 11) is 3.33. The fraction of sp³-hybridized carbons (Fsp3) is 0.500. The summed E-state index contributed by atoms with van der Waals surface area (Å²) in [6.45, 7) is 2.81. The second kappa shape index (κ2) is 7.21. The molecule has 0 aliphatic rings. The lowest BCUT2D eigenvalue weighted by Crippen LogP contribution is -2.03. The van der Waals surface area contributed by atoms with E-state index in [9.17, 15) is 4.79 Å². The predicted molar refractivity (Wildman–Crippen MR) is 82.4 cm³/mol. The highest BCUT2D eigenvalue weighted by atomic mass is 32.1. The molecule has 6 nitrogen and oxygen atoms in total. The Hall–Kier alpha value is -1.89. The van der Waals surface area contributed by atoms with E-state index in [0.717, 1.165) is 22.9 Å². The Morgan fingerprint density at radius 3 is 3.05 bits per heavy atom. The Morgan fingerprint density at radius 1 is 1.52 bits per heavy atom.